The van der Waals surface area contributed by atoms with Gasteiger partial charge in [0, 0.05) is 6.54 Å². The van der Waals surface area contributed by atoms with Crippen LogP contribution in [0.1, 0.15) is 58.3 Å². The maximum absolute atomic E-state index is 5.73. The van der Waals surface area contributed by atoms with Gasteiger partial charge in [-0.2, -0.15) is 0 Å². The zero-order valence-electron chi connectivity index (χ0n) is 11.5. The van der Waals surface area contributed by atoms with Crippen LogP contribution >= 0.6 is 0 Å². The van der Waals surface area contributed by atoms with Crippen molar-refractivity contribution in [1.29, 1.82) is 0 Å². The SMILES string of the molecule is CCC1(CNCC2CCC(CN)CC2)CCC1. The average Bonchev–Trinajstić information content (AvgIpc) is 2.33. The summed E-state index contributed by atoms with van der Waals surface area (Å²) in [4.78, 5) is 0. The van der Waals surface area contributed by atoms with Gasteiger partial charge in [-0.3, -0.25) is 0 Å². The van der Waals surface area contributed by atoms with Crippen molar-refractivity contribution in [2.24, 2.45) is 23.0 Å². The van der Waals surface area contributed by atoms with Crippen molar-refractivity contribution >= 4 is 0 Å². The van der Waals surface area contributed by atoms with Gasteiger partial charge in [0.25, 0.3) is 0 Å². The van der Waals surface area contributed by atoms with Crippen LogP contribution in [0.15, 0.2) is 0 Å². The quantitative estimate of drug-likeness (QED) is 0.746. The first-order valence-electron chi connectivity index (χ1n) is 7.69. The number of rotatable bonds is 6. The van der Waals surface area contributed by atoms with E-state index in [4.69, 9.17) is 5.73 Å². The smallest absolute Gasteiger partial charge is 0.000782 e. The highest BCUT2D eigenvalue weighted by Crippen LogP contribution is 2.43. The number of nitrogens with one attached hydrogen (secondary N) is 1. The highest BCUT2D eigenvalue weighted by atomic mass is 14.9. The van der Waals surface area contributed by atoms with Crippen LogP contribution in [-0.4, -0.2) is 19.6 Å². The van der Waals surface area contributed by atoms with Gasteiger partial charge in [0.05, 0.1) is 0 Å². The van der Waals surface area contributed by atoms with E-state index < -0.39 is 0 Å². The topological polar surface area (TPSA) is 38.0 Å². The van der Waals surface area contributed by atoms with Crippen molar-refractivity contribution in [2.45, 2.75) is 58.3 Å². The molecule has 0 saturated heterocycles. The first-order chi connectivity index (χ1) is 8.28. The molecule has 2 aliphatic carbocycles. The van der Waals surface area contributed by atoms with E-state index in [0.717, 1.165) is 18.4 Å². The van der Waals surface area contributed by atoms with Gasteiger partial charge in [-0.25, -0.2) is 0 Å². The monoisotopic (exact) mass is 238 g/mol. The zero-order chi connectivity index (χ0) is 12.1. The number of hydrogen-bond donors (Lipinski definition) is 2. The molecule has 0 aromatic carbocycles. The second-order valence-electron chi connectivity index (χ2n) is 6.46. The summed E-state index contributed by atoms with van der Waals surface area (Å²) in [6.45, 7) is 5.77. The Bertz CT molecular complexity index is 209. The molecule has 2 aliphatic rings. The van der Waals surface area contributed by atoms with Crippen molar-refractivity contribution in [3.8, 4) is 0 Å². The van der Waals surface area contributed by atoms with Crippen molar-refractivity contribution in [3.05, 3.63) is 0 Å². The molecule has 0 heterocycles. The Balaban J connectivity index is 1.59. The summed E-state index contributed by atoms with van der Waals surface area (Å²) >= 11 is 0. The Kier molecular flexibility index (Phi) is 4.87. The fraction of sp³-hybridized carbons (Fsp3) is 1.00. The summed E-state index contributed by atoms with van der Waals surface area (Å²) in [6.07, 6.45) is 11.2. The zero-order valence-corrected chi connectivity index (χ0v) is 11.5. The molecule has 2 saturated carbocycles. The first-order valence-corrected chi connectivity index (χ1v) is 7.69. The summed E-state index contributed by atoms with van der Waals surface area (Å²) in [5.74, 6) is 1.74. The van der Waals surface area contributed by atoms with Crippen LogP contribution in [0.3, 0.4) is 0 Å². The highest BCUT2D eigenvalue weighted by Gasteiger charge is 2.34. The van der Waals surface area contributed by atoms with E-state index >= 15 is 0 Å². The van der Waals surface area contributed by atoms with E-state index in [1.165, 1.54) is 64.5 Å². The molecule has 0 amide bonds. The van der Waals surface area contributed by atoms with Crippen LogP contribution in [0, 0.1) is 17.3 Å². The Morgan fingerprint density at radius 2 is 1.76 bits per heavy atom. The maximum atomic E-state index is 5.73. The molecule has 0 bridgehead atoms. The van der Waals surface area contributed by atoms with Gasteiger partial charge in [0.2, 0.25) is 0 Å². The molecule has 2 rings (SSSR count). The molecule has 3 N–H and O–H groups in total. The van der Waals surface area contributed by atoms with E-state index in [-0.39, 0.29) is 0 Å². The lowest BCUT2D eigenvalue weighted by Crippen LogP contribution is -2.41. The van der Waals surface area contributed by atoms with Gasteiger partial charge in [0.15, 0.2) is 0 Å². The molecule has 2 fully saturated rings. The Hall–Kier alpha value is -0.0800. The third-order valence-electron chi connectivity index (χ3n) is 5.40. The third-order valence-corrected chi connectivity index (χ3v) is 5.40. The molecule has 2 nitrogen and oxygen atoms in total. The molecule has 0 spiro atoms. The predicted octanol–water partition coefficient (Wildman–Crippen LogP) is 2.92. The van der Waals surface area contributed by atoms with Crippen LogP contribution in [0.4, 0.5) is 0 Å². The molecule has 0 atom stereocenters. The largest absolute Gasteiger partial charge is 0.330 e. The van der Waals surface area contributed by atoms with Gasteiger partial charge in [-0.15, -0.1) is 0 Å². The van der Waals surface area contributed by atoms with Crippen molar-refractivity contribution in [2.75, 3.05) is 19.6 Å². The van der Waals surface area contributed by atoms with Crippen LogP contribution in [0.25, 0.3) is 0 Å². The van der Waals surface area contributed by atoms with Crippen LogP contribution in [-0.2, 0) is 0 Å². The number of nitrogens with two attached hydrogens (primary N) is 1. The molecular weight excluding hydrogens is 208 g/mol. The van der Waals surface area contributed by atoms with Gasteiger partial charge >= 0.3 is 0 Å². The molecule has 0 radical (unpaired) electrons. The Morgan fingerprint density at radius 3 is 2.24 bits per heavy atom. The first kappa shape index (κ1) is 13.4. The summed E-state index contributed by atoms with van der Waals surface area (Å²) in [6, 6.07) is 0. The van der Waals surface area contributed by atoms with Gasteiger partial charge in [-0.05, 0) is 75.3 Å². The molecule has 17 heavy (non-hydrogen) atoms. The lowest BCUT2D eigenvalue weighted by atomic mass is 9.67. The summed E-state index contributed by atoms with van der Waals surface area (Å²) < 4.78 is 0. The minimum Gasteiger partial charge on any atom is -0.330 e. The van der Waals surface area contributed by atoms with Crippen LogP contribution < -0.4 is 11.1 Å². The highest BCUT2D eigenvalue weighted by molar-refractivity contribution is 4.88. The van der Waals surface area contributed by atoms with Crippen molar-refractivity contribution in [1.82, 2.24) is 5.32 Å². The fourth-order valence-corrected chi connectivity index (χ4v) is 3.54. The summed E-state index contributed by atoms with van der Waals surface area (Å²) in [5, 5.41) is 3.75. The Labute approximate surface area is 107 Å². The molecular formula is C15H30N2. The molecule has 100 valence electrons. The van der Waals surface area contributed by atoms with E-state index in [9.17, 15) is 0 Å². The summed E-state index contributed by atoms with van der Waals surface area (Å²) in [7, 11) is 0. The van der Waals surface area contributed by atoms with E-state index in [1.54, 1.807) is 0 Å². The van der Waals surface area contributed by atoms with E-state index in [1.807, 2.05) is 0 Å². The molecule has 0 unspecified atom stereocenters. The maximum Gasteiger partial charge on any atom is 0.000782 e. The molecule has 0 aromatic rings. The van der Waals surface area contributed by atoms with Crippen molar-refractivity contribution in [3.63, 3.8) is 0 Å². The van der Waals surface area contributed by atoms with Gasteiger partial charge in [-0.1, -0.05) is 13.3 Å². The van der Waals surface area contributed by atoms with Crippen LogP contribution in [0.2, 0.25) is 0 Å². The number of hydrogen-bond acceptors (Lipinski definition) is 2. The minimum absolute atomic E-state index is 0.675. The van der Waals surface area contributed by atoms with Crippen molar-refractivity contribution < 1.29 is 0 Å². The second kappa shape index (κ2) is 6.19. The standard InChI is InChI=1S/C15H30N2/c1-2-15(8-3-9-15)12-17-11-14-6-4-13(10-16)5-7-14/h13-14,17H,2-12,16H2,1H3. The fourth-order valence-electron chi connectivity index (χ4n) is 3.54. The van der Waals surface area contributed by atoms with E-state index in [2.05, 4.69) is 12.2 Å². The lowest BCUT2D eigenvalue weighted by Gasteiger charge is -2.42. The minimum atomic E-state index is 0.675. The second-order valence-corrected chi connectivity index (χ2v) is 6.46. The summed E-state index contributed by atoms with van der Waals surface area (Å²) in [5.41, 5.74) is 6.41. The van der Waals surface area contributed by atoms with Crippen LogP contribution in [0.5, 0.6) is 0 Å². The van der Waals surface area contributed by atoms with E-state index in [0.29, 0.717) is 5.41 Å². The lowest BCUT2D eigenvalue weighted by molar-refractivity contribution is 0.120. The van der Waals surface area contributed by atoms with Gasteiger partial charge < -0.3 is 11.1 Å². The predicted molar refractivity (Wildman–Crippen MR) is 73.9 cm³/mol. The van der Waals surface area contributed by atoms with Gasteiger partial charge in [0.1, 0.15) is 0 Å². The third kappa shape index (κ3) is 3.45. The molecule has 0 aromatic heterocycles. The molecule has 2 heteroatoms. The Morgan fingerprint density at radius 1 is 1.12 bits per heavy atom. The average molecular weight is 238 g/mol. The molecule has 0 aliphatic heterocycles. The normalized spacial score (nSPS) is 32.1.